The quantitative estimate of drug-likeness (QED) is 0.829. The van der Waals surface area contributed by atoms with Gasteiger partial charge in [0.2, 0.25) is 0 Å². The van der Waals surface area contributed by atoms with E-state index in [4.69, 9.17) is 15.7 Å². The lowest BCUT2D eigenvalue weighted by Gasteiger charge is -2.26. The van der Waals surface area contributed by atoms with E-state index in [1.165, 1.54) is 25.7 Å². The zero-order valence-electron chi connectivity index (χ0n) is 10.9. The van der Waals surface area contributed by atoms with Crippen molar-refractivity contribution in [2.24, 2.45) is 11.8 Å². The first kappa shape index (κ1) is 12.8. The van der Waals surface area contributed by atoms with Gasteiger partial charge in [-0.3, -0.25) is 0 Å². The largest absolute Gasteiger partial charge is 0.491 e. The molecule has 0 aliphatic heterocycles. The van der Waals surface area contributed by atoms with Gasteiger partial charge in [-0.15, -0.1) is 0 Å². The highest BCUT2D eigenvalue weighted by molar-refractivity contribution is 5.62. The number of nitriles is 1. The number of anilines is 1. The number of para-hydroxylation sites is 1. The lowest BCUT2D eigenvalue weighted by Crippen LogP contribution is -2.20. The molecule has 3 nitrogen and oxygen atoms in total. The summed E-state index contributed by atoms with van der Waals surface area (Å²) in [4.78, 5) is 0. The highest BCUT2D eigenvalue weighted by Crippen LogP contribution is 2.30. The minimum Gasteiger partial charge on any atom is -0.491 e. The molecule has 1 aliphatic rings. The SMILES string of the molecule is CC1CCCC(COc2cccc(C#N)c2N)C1. The van der Waals surface area contributed by atoms with E-state index in [0.717, 1.165) is 5.92 Å². The topological polar surface area (TPSA) is 59.0 Å². The number of benzene rings is 1. The Bertz CT molecular complexity index is 450. The van der Waals surface area contributed by atoms with Crippen molar-refractivity contribution in [3.63, 3.8) is 0 Å². The molecule has 96 valence electrons. The zero-order chi connectivity index (χ0) is 13.0. The van der Waals surface area contributed by atoms with E-state index in [1.54, 1.807) is 6.07 Å². The molecule has 0 amide bonds. The van der Waals surface area contributed by atoms with Gasteiger partial charge < -0.3 is 10.5 Å². The molecular weight excluding hydrogens is 224 g/mol. The van der Waals surface area contributed by atoms with Crippen LogP contribution in [0.4, 0.5) is 5.69 Å². The number of nitrogens with zero attached hydrogens (tertiary/aromatic N) is 1. The van der Waals surface area contributed by atoms with E-state index >= 15 is 0 Å². The summed E-state index contributed by atoms with van der Waals surface area (Å²) in [5.74, 6) is 2.07. The number of ether oxygens (including phenoxy) is 1. The first-order chi connectivity index (χ1) is 8.70. The average Bonchev–Trinajstić information content (AvgIpc) is 2.38. The lowest BCUT2D eigenvalue weighted by atomic mass is 9.83. The van der Waals surface area contributed by atoms with Gasteiger partial charge in [0.25, 0.3) is 0 Å². The fourth-order valence-electron chi connectivity index (χ4n) is 2.69. The van der Waals surface area contributed by atoms with Crippen LogP contribution in [-0.4, -0.2) is 6.61 Å². The third-order valence-corrected chi connectivity index (χ3v) is 3.71. The van der Waals surface area contributed by atoms with E-state index in [-0.39, 0.29) is 0 Å². The third kappa shape index (κ3) is 2.95. The smallest absolute Gasteiger partial charge is 0.143 e. The number of hydrogen-bond donors (Lipinski definition) is 1. The lowest BCUT2D eigenvalue weighted by molar-refractivity contribution is 0.183. The van der Waals surface area contributed by atoms with Crippen LogP contribution in [-0.2, 0) is 0 Å². The van der Waals surface area contributed by atoms with Crippen molar-refractivity contribution in [3.05, 3.63) is 23.8 Å². The Morgan fingerprint density at radius 3 is 3.00 bits per heavy atom. The molecule has 1 aromatic carbocycles. The normalized spacial score (nSPS) is 23.3. The Labute approximate surface area is 109 Å². The van der Waals surface area contributed by atoms with Crippen molar-refractivity contribution < 1.29 is 4.74 Å². The van der Waals surface area contributed by atoms with E-state index in [1.807, 2.05) is 12.1 Å². The van der Waals surface area contributed by atoms with Crippen LogP contribution in [0, 0.1) is 23.2 Å². The number of nitrogens with two attached hydrogens (primary N) is 1. The average molecular weight is 244 g/mol. The van der Waals surface area contributed by atoms with Gasteiger partial charge in [-0.25, -0.2) is 0 Å². The number of rotatable bonds is 3. The highest BCUT2D eigenvalue weighted by atomic mass is 16.5. The molecule has 0 spiro atoms. The van der Waals surface area contributed by atoms with Crippen LogP contribution >= 0.6 is 0 Å². The molecular formula is C15H20N2O. The fraction of sp³-hybridized carbons (Fsp3) is 0.533. The standard InChI is InChI=1S/C15H20N2O/c1-11-4-2-5-12(8-11)10-18-14-7-3-6-13(9-16)15(14)17/h3,6-7,11-12H,2,4-5,8,10,17H2,1H3. The summed E-state index contributed by atoms with van der Waals surface area (Å²) in [5, 5.41) is 8.91. The van der Waals surface area contributed by atoms with Gasteiger partial charge in [-0.2, -0.15) is 5.26 Å². The van der Waals surface area contributed by atoms with E-state index < -0.39 is 0 Å². The molecule has 0 saturated heterocycles. The third-order valence-electron chi connectivity index (χ3n) is 3.71. The molecule has 2 rings (SSSR count). The van der Waals surface area contributed by atoms with Crippen LogP contribution in [0.25, 0.3) is 0 Å². The van der Waals surface area contributed by atoms with Crippen molar-refractivity contribution >= 4 is 5.69 Å². The van der Waals surface area contributed by atoms with Crippen molar-refractivity contribution in [2.45, 2.75) is 32.6 Å². The Hall–Kier alpha value is -1.69. The molecule has 0 radical (unpaired) electrons. The first-order valence-corrected chi connectivity index (χ1v) is 6.62. The van der Waals surface area contributed by atoms with Crippen LogP contribution in [0.15, 0.2) is 18.2 Å². The van der Waals surface area contributed by atoms with Crippen molar-refractivity contribution in [3.8, 4) is 11.8 Å². The summed E-state index contributed by atoms with van der Waals surface area (Å²) in [6, 6.07) is 7.44. The van der Waals surface area contributed by atoms with Crippen LogP contribution in [0.2, 0.25) is 0 Å². The summed E-state index contributed by atoms with van der Waals surface area (Å²) in [6.45, 7) is 3.01. The molecule has 1 saturated carbocycles. The maximum absolute atomic E-state index is 8.91. The number of nitrogen functional groups attached to an aromatic ring is 1. The molecule has 1 aliphatic carbocycles. The van der Waals surface area contributed by atoms with Crippen LogP contribution in [0.1, 0.15) is 38.2 Å². The zero-order valence-corrected chi connectivity index (χ0v) is 10.9. The molecule has 18 heavy (non-hydrogen) atoms. The minimum absolute atomic E-state index is 0.462. The maximum Gasteiger partial charge on any atom is 0.143 e. The predicted octanol–water partition coefficient (Wildman–Crippen LogP) is 3.35. The van der Waals surface area contributed by atoms with Gasteiger partial charge in [-0.05, 0) is 36.8 Å². The van der Waals surface area contributed by atoms with Gasteiger partial charge in [0.05, 0.1) is 17.9 Å². The van der Waals surface area contributed by atoms with Gasteiger partial charge in [0.1, 0.15) is 11.8 Å². The van der Waals surface area contributed by atoms with Crippen LogP contribution in [0.5, 0.6) is 5.75 Å². The van der Waals surface area contributed by atoms with Crippen LogP contribution < -0.4 is 10.5 Å². The minimum atomic E-state index is 0.462. The van der Waals surface area contributed by atoms with Gasteiger partial charge >= 0.3 is 0 Å². The summed E-state index contributed by atoms with van der Waals surface area (Å²) < 4.78 is 5.79. The molecule has 0 aromatic heterocycles. The molecule has 0 bridgehead atoms. The molecule has 1 aromatic rings. The molecule has 3 heteroatoms. The Morgan fingerprint density at radius 2 is 2.28 bits per heavy atom. The van der Waals surface area contributed by atoms with Crippen molar-refractivity contribution in [2.75, 3.05) is 12.3 Å². The Balaban J connectivity index is 1.96. The molecule has 2 N–H and O–H groups in total. The summed E-state index contributed by atoms with van der Waals surface area (Å²) in [5.41, 5.74) is 6.84. The van der Waals surface area contributed by atoms with Gasteiger partial charge in [-0.1, -0.05) is 25.8 Å². The van der Waals surface area contributed by atoms with Crippen molar-refractivity contribution in [1.29, 1.82) is 5.26 Å². The number of hydrogen-bond acceptors (Lipinski definition) is 3. The highest BCUT2D eigenvalue weighted by Gasteiger charge is 2.19. The molecule has 2 atom stereocenters. The van der Waals surface area contributed by atoms with Crippen molar-refractivity contribution in [1.82, 2.24) is 0 Å². The van der Waals surface area contributed by atoms with E-state index in [0.29, 0.717) is 29.5 Å². The summed E-state index contributed by atoms with van der Waals surface area (Å²) in [6.07, 6.45) is 5.10. The first-order valence-electron chi connectivity index (χ1n) is 6.62. The second kappa shape index (κ2) is 5.77. The fourth-order valence-corrected chi connectivity index (χ4v) is 2.69. The summed E-state index contributed by atoms with van der Waals surface area (Å²) in [7, 11) is 0. The maximum atomic E-state index is 8.91. The second-order valence-corrected chi connectivity index (χ2v) is 5.28. The van der Waals surface area contributed by atoms with E-state index in [9.17, 15) is 0 Å². The van der Waals surface area contributed by atoms with E-state index in [2.05, 4.69) is 13.0 Å². The Kier molecular flexibility index (Phi) is 4.09. The molecule has 1 fully saturated rings. The predicted molar refractivity (Wildman–Crippen MR) is 72.2 cm³/mol. The second-order valence-electron chi connectivity index (χ2n) is 5.28. The van der Waals surface area contributed by atoms with Gasteiger partial charge in [0.15, 0.2) is 0 Å². The molecule has 2 unspecified atom stereocenters. The Morgan fingerprint density at radius 1 is 1.44 bits per heavy atom. The summed E-state index contributed by atoms with van der Waals surface area (Å²) >= 11 is 0. The van der Waals surface area contributed by atoms with Gasteiger partial charge in [0, 0.05) is 0 Å². The molecule has 0 heterocycles. The monoisotopic (exact) mass is 244 g/mol. The van der Waals surface area contributed by atoms with Crippen LogP contribution in [0.3, 0.4) is 0 Å².